The van der Waals surface area contributed by atoms with Gasteiger partial charge in [0.1, 0.15) is 5.83 Å². The van der Waals surface area contributed by atoms with Crippen LogP contribution in [0.2, 0.25) is 0 Å². The van der Waals surface area contributed by atoms with Gasteiger partial charge in [0.25, 0.3) is 0 Å². The van der Waals surface area contributed by atoms with Gasteiger partial charge in [0.05, 0.1) is 0 Å². The number of allylic oxidation sites excluding steroid dienone is 4. The van der Waals surface area contributed by atoms with Crippen molar-refractivity contribution in [1.82, 2.24) is 0 Å². The fourth-order valence-corrected chi connectivity index (χ4v) is 1.29. The van der Waals surface area contributed by atoms with E-state index >= 15 is 0 Å². The van der Waals surface area contributed by atoms with Crippen LogP contribution >= 0.6 is 22.6 Å². The van der Waals surface area contributed by atoms with Gasteiger partial charge >= 0.3 is 0 Å². The topological polar surface area (TPSA) is 0 Å². The smallest absolute Gasteiger partial charge is 0.119 e. The molecular weight excluding hydrogens is 230 g/mol. The monoisotopic (exact) mass is 238 g/mol. The number of hydrogen-bond acceptors (Lipinski definition) is 0. The minimum Gasteiger partial charge on any atom is -0.207 e. The number of halogens is 2. The average Bonchev–Trinajstić information content (AvgIpc) is 1.80. The van der Waals surface area contributed by atoms with Gasteiger partial charge in [0.15, 0.2) is 0 Å². The zero-order chi connectivity index (χ0) is 6.85. The molecule has 0 saturated carbocycles. The lowest BCUT2D eigenvalue weighted by atomic mass is 10.0. The van der Waals surface area contributed by atoms with E-state index in [0.717, 1.165) is 0 Å². The second-order valence-corrected chi connectivity index (χ2v) is 3.65. The Morgan fingerprint density at radius 2 is 2.33 bits per heavy atom. The maximum atomic E-state index is 12.4. The van der Waals surface area contributed by atoms with Crippen molar-refractivity contribution in [2.24, 2.45) is 5.92 Å². The molecule has 1 aliphatic rings. The first-order valence-electron chi connectivity index (χ1n) is 2.90. The van der Waals surface area contributed by atoms with Crippen LogP contribution in [0.1, 0.15) is 6.92 Å². The van der Waals surface area contributed by atoms with Crippen molar-refractivity contribution in [3.05, 3.63) is 24.1 Å². The van der Waals surface area contributed by atoms with Gasteiger partial charge in [-0.1, -0.05) is 35.6 Å². The van der Waals surface area contributed by atoms with E-state index < -0.39 is 0 Å². The Morgan fingerprint density at radius 1 is 1.67 bits per heavy atom. The highest BCUT2D eigenvalue weighted by Crippen LogP contribution is 2.23. The molecule has 1 rings (SSSR count). The molecule has 0 spiro atoms. The van der Waals surface area contributed by atoms with Crippen LogP contribution in [0.5, 0.6) is 0 Å². The van der Waals surface area contributed by atoms with Crippen molar-refractivity contribution in [2.75, 3.05) is 0 Å². The van der Waals surface area contributed by atoms with Crippen molar-refractivity contribution < 1.29 is 4.39 Å². The van der Waals surface area contributed by atoms with Gasteiger partial charge in [-0.2, -0.15) is 0 Å². The Bertz CT molecular complexity index is 160. The van der Waals surface area contributed by atoms with Gasteiger partial charge in [-0.05, 0) is 18.1 Å². The van der Waals surface area contributed by atoms with Crippen molar-refractivity contribution in [2.45, 2.75) is 10.8 Å². The molecule has 0 aromatic rings. The molecule has 0 aliphatic heterocycles. The van der Waals surface area contributed by atoms with Crippen LogP contribution in [0.4, 0.5) is 4.39 Å². The normalized spacial score (nSPS) is 34.3. The molecule has 0 aromatic carbocycles. The molecule has 0 nitrogen and oxygen atoms in total. The van der Waals surface area contributed by atoms with Crippen LogP contribution in [-0.4, -0.2) is 3.92 Å². The van der Waals surface area contributed by atoms with E-state index in [9.17, 15) is 4.39 Å². The lowest BCUT2D eigenvalue weighted by molar-refractivity contribution is 0.635. The van der Waals surface area contributed by atoms with E-state index in [1.54, 1.807) is 6.08 Å². The summed E-state index contributed by atoms with van der Waals surface area (Å²) in [4.78, 5) is 0. The van der Waals surface area contributed by atoms with Crippen molar-refractivity contribution >= 4 is 22.6 Å². The highest BCUT2D eigenvalue weighted by Gasteiger charge is 2.12. The molecule has 1 unspecified atom stereocenters. The summed E-state index contributed by atoms with van der Waals surface area (Å²) in [6.45, 7) is 2.08. The first-order valence-corrected chi connectivity index (χ1v) is 4.14. The first kappa shape index (κ1) is 7.25. The molecule has 0 amide bonds. The number of alkyl halides is 1. The molecule has 9 heavy (non-hydrogen) atoms. The standard InChI is InChI=1S/C7H8FI/c1-5-2-3-6(8)4-7(5)9/h2-5,7H,1H3/t5?,7-/m0/s1. The number of hydrogen-bond donors (Lipinski definition) is 0. The van der Waals surface area contributed by atoms with E-state index in [2.05, 4.69) is 29.5 Å². The van der Waals surface area contributed by atoms with Crippen LogP contribution in [0.3, 0.4) is 0 Å². The summed E-state index contributed by atoms with van der Waals surface area (Å²) in [5.41, 5.74) is 0. The lowest BCUT2D eigenvalue weighted by Gasteiger charge is -2.13. The minimum atomic E-state index is -0.104. The number of rotatable bonds is 0. The summed E-state index contributed by atoms with van der Waals surface area (Å²) in [6, 6.07) is 0. The molecule has 0 fully saturated rings. The molecule has 0 aromatic heterocycles. The summed E-state index contributed by atoms with van der Waals surface area (Å²) >= 11 is 2.23. The summed E-state index contributed by atoms with van der Waals surface area (Å²) in [5, 5.41) is 0. The summed E-state index contributed by atoms with van der Waals surface area (Å²) in [7, 11) is 0. The van der Waals surface area contributed by atoms with Gasteiger partial charge in [-0.25, -0.2) is 4.39 Å². The van der Waals surface area contributed by atoms with Gasteiger partial charge < -0.3 is 0 Å². The lowest BCUT2D eigenvalue weighted by Crippen LogP contribution is -2.07. The maximum absolute atomic E-state index is 12.4. The Hall–Kier alpha value is 0.140. The highest BCUT2D eigenvalue weighted by molar-refractivity contribution is 14.1. The highest BCUT2D eigenvalue weighted by atomic mass is 127. The van der Waals surface area contributed by atoms with E-state index in [-0.39, 0.29) is 5.83 Å². The Kier molecular flexibility index (Phi) is 2.27. The van der Waals surface area contributed by atoms with Crippen molar-refractivity contribution in [1.29, 1.82) is 0 Å². The second kappa shape index (κ2) is 2.82. The third-order valence-electron chi connectivity index (χ3n) is 1.38. The molecule has 2 atom stereocenters. The summed E-state index contributed by atoms with van der Waals surface area (Å²) in [6.07, 6.45) is 5.07. The summed E-state index contributed by atoms with van der Waals surface area (Å²) in [5.74, 6) is 0.373. The first-order chi connectivity index (χ1) is 4.20. The predicted octanol–water partition coefficient (Wildman–Crippen LogP) is 2.85. The molecule has 1 aliphatic carbocycles. The van der Waals surface area contributed by atoms with Crippen LogP contribution in [0.15, 0.2) is 24.1 Å². The molecule has 0 heterocycles. The predicted molar refractivity (Wildman–Crippen MR) is 45.3 cm³/mol. The Balaban J connectivity index is 2.70. The van der Waals surface area contributed by atoms with Gasteiger partial charge in [-0.15, -0.1) is 0 Å². The largest absolute Gasteiger partial charge is 0.207 e. The molecule has 0 N–H and O–H groups in total. The van der Waals surface area contributed by atoms with E-state index in [0.29, 0.717) is 9.84 Å². The van der Waals surface area contributed by atoms with Crippen LogP contribution in [0, 0.1) is 5.92 Å². The fourth-order valence-electron chi connectivity index (χ4n) is 0.709. The SMILES string of the molecule is CC1C=CC(F)=C[C@@H]1I. The molecule has 0 saturated heterocycles. The molecule has 0 radical (unpaired) electrons. The van der Waals surface area contributed by atoms with Crippen LogP contribution < -0.4 is 0 Å². The minimum absolute atomic E-state index is 0.104. The van der Waals surface area contributed by atoms with Gasteiger partial charge in [-0.3, -0.25) is 0 Å². The van der Waals surface area contributed by atoms with Crippen molar-refractivity contribution in [3.8, 4) is 0 Å². The quantitative estimate of drug-likeness (QED) is 0.449. The molecule has 0 bridgehead atoms. The third-order valence-corrected chi connectivity index (χ3v) is 2.87. The Morgan fingerprint density at radius 3 is 2.78 bits per heavy atom. The van der Waals surface area contributed by atoms with E-state index in [1.807, 2.05) is 6.08 Å². The van der Waals surface area contributed by atoms with Crippen molar-refractivity contribution in [3.63, 3.8) is 0 Å². The fraction of sp³-hybridized carbons (Fsp3) is 0.429. The zero-order valence-electron chi connectivity index (χ0n) is 5.14. The van der Waals surface area contributed by atoms with Crippen LogP contribution in [0.25, 0.3) is 0 Å². The zero-order valence-corrected chi connectivity index (χ0v) is 7.30. The van der Waals surface area contributed by atoms with Gasteiger partial charge in [0, 0.05) is 3.92 Å². The third kappa shape index (κ3) is 1.78. The van der Waals surface area contributed by atoms with Crippen LogP contribution in [-0.2, 0) is 0 Å². The second-order valence-electron chi connectivity index (χ2n) is 2.21. The van der Waals surface area contributed by atoms with Gasteiger partial charge in [0.2, 0.25) is 0 Å². The maximum Gasteiger partial charge on any atom is 0.119 e. The molecule has 2 heteroatoms. The average molecular weight is 238 g/mol. The molecule has 50 valence electrons. The van der Waals surface area contributed by atoms with E-state index in [1.165, 1.54) is 6.08 Å². The van der Waals surface area contributed by atoms with E-state index in [4.69, 9.17) is 0 Å². The summed E-state index contributed by atoms with van der Waals surface area (Å²) < 4.78 is 12.7. The Labute approximate surface area is 68.0 Å². The molecular formula is C7H8FI.